The summed E-state index contributed by atoms with van der Waals surface area (Å²) in [4.78, 5) is 12.8. The maximum Gasteiger partial charge on any atom is 0.272 e. The first-order valence-corrected chi connectivity index (χ1v) is 7.95. The van der Waals surface area contributed by atoms with E-state index in [0.717, 1.165) is 14.9 Å². The predicted octanol–water partition coefficient (Wildman–Crippen LogP) is 2.53. The number of pyridine rings is 1. The van der Waals surface area contributed by atoms with Crippen LogP contribution in [-0.2, 0) is 10.0 Å². The quantitative estimate of drug-likeness (QED) is 0.501. The van der Waals surface area contributed by atoms with Crippen LogP contribution in [0.5, 0.6) is 0 Å². The Morgan fingerprint density at radius 2 is 1.76 bits per heavy atom. The van der Waals surface area contributed by atoms with E-state index in [1.807, 2.05) is 19.1 Å². The van der Waals surface area contributed by atoms with Gasteiger partial charge in [0.15, 0.2) is 0 Å². The number of benzene rings is 2. The van der Waals surface area contributed by atoms with Gasteiger partial charge in [0.25, 0.3) is 15.6 Å². The molecule has 0 N–H and O–H groups in total. The fourth-order valence-electron chi connectivity index (χ4n) is 2.83. The summed E-state index contributed by atoms with van der Waals surface area (Å²) in [5, 5.41) is 1.18. The fourth-order valence-corrected chi connectivity index (χ4v) is 4.46. The van der Waals surface area contributed by atoms with E-state index in [1.54, 1.807) is 30.3 Å². The van der Waals surface area contributed by atoms with Crippen molar-refractivity contribution in [3.63, 3.8) is 0 Å². The molecule has 0 bridgehead atoms. The molecule has 0 spiro atoms. The van der Waals surface area contributed by atoms with Gasteiger partial charge in [0.2, 0.25) is 0 Å². The molecule has 0 saturated heterocycles. The van der Waals surface area contributed by atoms with E-state index >= 15 is 0 Å². The Morgan fingerprint density at radius 3 is 2.57 bits per heavy atom. The van der Waals surface area contributed by atoms with Gasteiger partial charge in [-0.1, -0.05) is 35.9 Å². The molecule has 0 saturated carbocycles. The second-order valence-corrected chi connectivity index (χ2v) is 6.95. The van der Waals surface area contributed by atoms with E-state index in [-0.39, 0.29) is 4.90 Å². The molecule has 2 aromatic carbocycles. The van der Waals surface area contributed by atoms with Crippen molar-refractivity contribution >= 4 is 20.8 Å². The van der Waals surface area contributed by atoms with Crippen molar-refractivity contribution in [2.75, 3.05) is 0 Å². The SMILES string of the molecule is Cc1ccc2cc3n(c(=O)c2c1)S(=O)(=O)c1ccccc1-3. The molecule has 1 aromatic heterocycles. The third-order valence-electron chi connectivity index (χ3n) is 3.82. The normalized spacial score (nSPS) is 14.9. The van der Waals surface area contributed by atoms with E-state index in [0.29, 0.717) is 16.6 Å². The number of nitrogens with zero attached hydrogens (tertiary/aromatic N) is 1. The van der Waals surface area contributed by atoms with E-state index in [4.69, 9.17) is 0 Å². The lowest BCUT2D eigenvalue weighted by atomic mass is 10.1. The first kappa shape index (κ1) is 12.3. The highest BCUT2D eigenvalue weighted by Gasteiger charge is 2.33. The van der Waals surface area contributed by atoms with Crippen molar-refractivity contribution in [2.24, 2.45) is 0 Å². The lowest BCUT2D eigenvalue weighted by Gasteiger charge is -2.06. The second kappa shape index (κ2) is 3.83. The van der Waals surface area contributed by atoms with E-state index in [1.165, 1.54) is 6.07 Å². The van der Waals surface area contributed by atoms with Crippen molar-refractivity contribution in [3.05, 3.63) is 64.4 Å². The Bertz CT molecular complexity index is 1080. The van der Waals surface area contributed by atoms with Crippen LogP contribution in [-0.4, -0.2) is 12.4 Å². The maximum atomic E-state index is 12.6. The number of fused-ring (bicyclic) bond motifs is 4. The van der Waals surface area contributed by atoms with Gasteiger partial charge in [0.05, 0.1) is 10.6 Å². The molecule has 5 heteroatoms. The molecule has 104 valence electrons. The lowest BCUT2D eigenvalue weighted by molar-refractivity contribution is 0.590. The summed E-state index contributed by atoms with van der Waals surface area (Å²) in [5.74, 6) is 0. The average molecular weight is 297 g/mol. The number of hydrogen-bond donors (Lipinski definition) is 0. The van der Waals surface area contributed by atoms with Crippen molar-refractivity contribution in [3.8, 4) is 11.3 Å². The monoisotopic (exact) mass is 297 g/mol. The molecule has 4 rings (SSSR count). The van der Waals surface area contributed by atoms with E-state index < -0.39 is 15.6 Å². The fraction of sp³-hybridized carbons (Fsp3) is 0.0625. The lowest BCUT2D eigenvalue weighted by Crippen LogP contribution is -2.25. The van der Waals surface area contributed by atoms with Gasteiger partial charge in [-0.2, -0.15) is 3.97 Å². The van der Waals surface area contributed by atoms with Gasteiger partial charge in [-0.15, -0.1) is 0 Å². The summed E-state index contributed by atoms with van der Waals surface area (Å²) < 4.78 is 26.1. The molecule has 1 aliphatic heterocycles. The molecule has 0 radical (unpaired) electrons. The average Bonchev–Trinajstić information content (AvgIpc) is 2.69. The number of rotatable bonds is 0. The number of hydrogen-bond acceptors (Lipinski definition) is 3. The van der Waals surface area contributed by atoms with Gasteiger partial charge in [0, 0.05) is 10.9 Å². The molecular formula is C16H11NO3S. The third-order valence-corrected chi connectivity index (χ3v) is 5.57. The highest BCUT2D eigenvalue weighted by molar-refractivity contribution is 7.90. The minimum Gasteiger partial charge on any atom is -0.268 e. The van der Waals surface area contributed by atoms with Crippen LogP contribution in [0.15, 0.2) is 58.2 Å². The Morgan fingerprint density at radius 1 is 1.00 bits per heavy atom. The van der Waals surface area contributed by atoms with Gasteiger partial charge in [-0.3, -0.25) is 4.79 Å². The van der Waals surface area contributed by atoms with Gasteiger partial charge < -0.3 is 0 Å². The predicted molar refractivity (Wildman–Crippen MR) is 81.0 cm³/mol. The van der Waals surface area contributed by atoms with Crippen molar-refractivity contribution in [1.82, 2.24) is 3.97 Å². The summed E-state index contributed by atoms with van der Waals surface area (Å²) in [5.41, 5.74) is 1.46. The molecule has 1 aliphatic rings. The van der Waals surface area contributed by atoms with Gasteiger partial charge >= 0.3 is 0 Å². The summed E-state index contributed by atoms with van der Waals surface area (Å²) >= 11 is 0. The second-order valence-electron chi connectivity index (χ2n) is 5.19. The van der Waals surface area contributed by atoms with Crippen LogP contribution in [0.4, 0.5) is 0 Å². The number of aromatic nitrogens is 1. The van der Waals surface area contributed by atoms with Crippen LogP contribution in [0.25, 0.3) is 22.0 Å². The topological polar surface area (TPSA) is 56.1 Å². The Kier molecular flexibility index (Phi) is 2.25. The highest BCUT2D eigenvalue weighted by atomic mass is 32.2. The zero-order valence-corrected chi connectivity index (χ0v) is 12.0. The van der Waals surface area contributed by atoms with Crippen LogP contribution in [0, 0.1) is 6.92 Å². The zero-order chi connectivity index (χ0) is 14.8. The van der Waals surface area contributed by atoms with Crippen LogP contribution >= 0.6 is 0 Å². The Hall–Kier alpha value is -2.40. The van der Waals surface area contributed by atoms with Crippen molar-refractivity contribution < 1.29 is 8.42 Å². The Labute approximate surface area is 121 Å². The van der Waals surface area contributed by atoms with Gasteiger partial charge in [0.1, 0.15) is 0 Å². The molecule has 0 unspecified atom stereocenters. The molecule has 0 aliphatic carbocycles. The smallest absolute Gasteiger partial charge is 0.268 e. The Balaban J connectivity index is 2.27. The standard InChI is InChI=1S/C16H11NO3S/c1-10-6-7-11-9-14-12-4-2-3-5-15(12)21(19,20)17(14)16(18)13(11)8-10/h2-9H,1H3. The minimum atomic E-state index is -3.80. The van der Waals surface area contributed by atoms with Gasteiger partial charge in [-0.05, 0) is 30.5 Å². The largest absolute Gasteiger partial charge is 0.272 e. The molecule has 0 fully saturated rings. The molecule has 0 atom stereocenters. The number of aryl methyl sites for hydroxylation is 1. The first-order valence-electron chi connectivity index (χ1n) is 6.51. The zero-order valence-electron chi connectivity index (χ0n) is 11.2. The van der Waals surface area contributed by atoms with Gasteiger partial charge in [-0.25, -0.2) is 8.42 Å². The third kappa shape index (κ3) is 1.49. The summed E-state index contributed by atoms with van der Waals surface area (Å²) in [7, 11) is -3.80. The molecule has 3 aromatic rings. The molecule has 4 nitrogen and oxygen atoms in total. The molecule has 21 heavy (non-hydrogen) atoms. The summed E-state index contributed by atoms with van der Waals surface area (Å²) in [6, 6.07) is 13.9. The first-order chi connectivity index (χ1) is 10.00. The van der Waals surface area contributed by atoms with Crippen LogP contribution in [0.3, 0.4) is 0 Å². The van der Waals surface area contributed by atoms with Crippen molar-refractivity contribution in [2.45, 2.75) is 11.8 Å². The van der Waals surface area contributed by atoms with E-state index in [2.05, 4.69) is 0 Å². The van der Waals surface area contributed by atoms with Crippen LogP contribution in [0.1, 0.15) is 5.56 Å². The summed E-state index contributed by atoms with van der Waals surface area (Å²) in [6.45, 7) is 1.88. The maximum absolute atomic E-state index is 12.6. The van der Waals surface area contributed by atoms with Crippen LogP contribution in [0.2, 0.25) is 0 Å². The minimum absolute atomic E-state index is 0.189. The molecule has 0 amide bonds. The van der Waals surface area contributed by atoms with Crippen molar-refractivity contribution in [1.29, 1.82) is 0 Å². The van der Waals surface area contributed by atoms with E-state index in [9.17, 15) is 13.2 Å². The summed E-state index contributed by atoms with van der Waals surface area (Å²) in [6.07, 6.45) is 0. The highest BCUT2D eigenvalue weighted by Crippen LogP contribution is 2.36. The van der Waals surface area contributed by atoms with Crippen LogP contribution < -0.4 is 5.56 Å². The molecule has 2 heterocycles. The molecular weight excluding hydrogens is 286 g/mol.